The lowest BCUT2D eigenvalue weighted by atomic mass is 10.2. The van der Waals surface area contributed by atoms with Gasteiger partial charge in [-0.3, -0.25) is 0 Å². The first-order valence-corrected chi connectivity index (χ1v) is 4.31. The van der Waals surface area contributed by atoms with E-state index < -0.39 is 36.5 Å². The third kappa shape index (κ3) is 4.30. The van der Waals surface area contributed by atoms with Gasteiger partial charge in [-0.25, -0.2) is 8.78 Å². The minimum Gasteiger partial charge on any atom is -0.434 e. The second kappa shape index (κ2) is 5.32. The van der Waals surface area contributed by atoms with E-state index in [2.05, 4.69) is 9.47 Å². The van der Waals surface area contributed by atoms with Crippen molar-refractivity contribution in [1.29, 1.82) is 0 Å². The van der Waals surface area contributed by atoms with Gasteiger partial charge in [-0.1, -0.05) is 0 Å². The van der Waals surface area contributed by atoms with Gasteiger partial charge in [-0.2, -0.15) is 8.78 Å². The molecule has 0 aliphatic heterocycles. The molecule has 0 atom stereocenters. The highest BCUT2D eigenvalue weighted by Crippen LogP contribution is 2.35. The first-order valence-electron chi connectivity index (χ1n) is 4.31. The monoisotopic (exact) mass is 278 g/mol. The average Bonchev–Trinajstić information content (AvgIpc) is 2.13. The Morgan fingerprint density at radius 2 is 1.61 bits per heavy atom. The van der Waals surface area contributed by atoms with Gasteiger partial charge in [-0.15, -0.1) is 13.2 Å². The van der Waals surface area contributed by atoms with Crippen LogP contribution in [0.5, 0.6) is 11.5 Å². The second-order valence-electron chi connectivity index (χ2n) is 2.93. The highest BCUT2D eigenvalue weighted by Gasteiger charge is 2.31. The lowest BCUT2D eigenvalue weighted by Gasteiger charge is -2.13. The first-order chi connectivity index (χ1) is 8.19. The molecule has 0 fully saturated rings. The van der Waals surface area contributed by atoms with Gasteiger partial charge in [0.1, 0.15) is 11.5 Å². The molecule has 0 heterocycles. The average molecular weight is 278 g/mol. The van der Waals surface area contributed by atoms with Crippen molar-refractivity contribution >= 4 is 0 Å². The van der Waals surface area contributed by atoms with Crippen LogP contribution in [0.25, 0.3) is 0 Å². The maximum Gasteiger partial charge on any atom is 0.573 e. The number of rotatable bonds is 4. The summed E-state index contributed by atoms with van der Waals surface area (Å²) in [7, 11) is 0. The quantitative estimate of drug-likeness (QED) is 0.771. The van der Waals surface area contributed by atoms with Crippen LogP contribution in [0.1, 0.15) is 12.0 Å². The molecule has 2 nitrogen and oxygen atoms in total. The Morgan fingerprint density at radius 3 is 2.06 bits per heavy atom. The fourth-order valence-electron chi connectivity index (χ4n) is 1.09. The normalized spacial score (nSPS) is 12.1. The summed E-state index contributed by atoms with van der Waals surface area (Å²) in [5.41, 5.74) is -0.954. The van der Waals surface area contributed by atoms with E-state index in [-0.39, 0.29) is 0 Å². The van der Waals surface area contributed by atoms with Crippen molar-refractivity contribution in [2.24, 2.45) is 0 Å². The van der Waals surface area contributed by atoms with Crippen LogP contribution in [0.2, 0.25) is 0 Å². The molecule has 9 heteroatoms. The van der Waals surface area contributed by atoms with Crippen LogP contribution in [-0.4, -0.2) is 13.0 Å². The van der Waals surface area contributed by atoms with E-state index in [4.69, 9.17) is 0 Å². The number of hydrogen-bond acceptors (Lipinski definition) is 2. The van der Waals surface area contributed by atoms with Crippen LogP contribution >= 0.6 is 0 Å². The molecule has 1 rings (SSSR count). The van der Waals surface area contributed by atoms with Crippen molar-refractivity contribution in [3.05, 3.63) is 23.8 Å². The molecule has 0 saturated heterocycles. The molecule has 0 N–H and O–H groups in total. The molecular formula is C9H5F7O2. The molecule has 0 aromatic heterocycles. The zero-order valence-corrected chi connectivity index (χ0v) is 8.35. The van der Waals surface area contributed by atoms with Gasteiger partial charge >= 0.3 is 13.0 Å². The maximum atomic E-state index is 12.4. The van der Waals surface area contributed by atoms with E-state index in [0.717, 1.165) is 0 Å². The molecule has 1 aromatic carbocycles. The number of alkyl halides is 7. The number of hydrogen-bond donors (Lipinski definition) is 0. The molecule has 0 unspecified atom stereocenters. The van der Waals surface area contributed by atoms with Crippen molar-refractivity contribution in [3.8, 4) is 11.5 Å². The van der Waals surface area contributed by atoms with E-state index in [1.54, 1.807) is 0 Å². The molecule has 0 bridgehead atoms. The maximum absolute atomic E-state index is 12.4. The summed E-state index contributed by atoms with van der Waals surface area (Å²) in [6.45, 7) is -3.44. The summed E-state index contributed by atoms with van der Waals surface area (Å²) in [6.07, 6.45) is -8.23. The number of ether oxygens (including phenoxy) is 2. The van der Waals surface area contributed by atoms with E-state index in [1.807, 2.05) is 0 Å². The van der Waals surface area contributed by atoms with Gasteiger partial charge in [0, 0.05) is 6.07 Å². The van der Waals surface area contributed by atoms with Crippen LogP contribution < -0.4 is 9.47 Å². The third-order valence-electron chi connectivity index (χ3n) is 1.67. The number of benzene rings is 1. The lowest BCUT2D eigenvalue weighted by molar-refractivity contribution is -0.274. The summed E-state index contributed by atoms with van der Waals surface area (Å²) >= 11 is 0. The van der Waals surface area contributed by atoms with Crippen LogP contribution in [0, 0.1) is 0 Å². The highest BCUT2D eigenvalue weighted by atomic mass is 19.4. The molecule has 1 aromatic rings. The Morgan fingerprint density at radius 1 is 1.00 bits per heavy atom. The minimum absolute atomic E-state index is 0.321. The SMILES string of the molecule is FC(F)Oc1cc(OC(F)(F)F)ccc1C(F)F. The molecule has 0 spiro atoms. The Bertz CT molecular complexity index is 402. The fraction of sp³-hybridized carbons (Fsp3) is 0.333. The second-order valence-corrected chi connectivity index (χ2v) is 2.93. The number of halogens is 7. The van der Waals surface area contributed by atoms with E-state index >= 15 is 0 Å². The molecule has 0 aliphatic carbocycles. The molecule has 102 valence electrons. The first kappa shape index (κ1) is 14.4. The molecule has 0 saturated carbocycles. The standard InChI is InChI=1S/C9H5F7O2/c10-7(11)5-2-1-4(18-9(14,15)16)3-6(5)17-8(12)13/h1-3,7-8H. The molecule has 0 aliphatic rings. The van der Waals surface area contributed by atoms with Crippen LogP contribution in [0.4, 0.5) is 30.7 Å². The molecule has 0 radical (unpaired) electrons. The largest absolute Gasteiger partial charge is 0.573 e. The van der Waals surface area contributed by atoms with Crippen LogP contribution in [-0.2, 0) is 0 Å². The highest BCUT2D eigenvalue weighted by molar-refractivity contribution is 5.41. The van der Waals surface area contributed by atoms with E-state index in [0.29, 0.717) is 18.2 Å². The summed E-state index contributed by atoms with van der Waals surface area (Å²) < 4.78 is 91.1. The van der Waals surface area contributed by atoms with Gasteiger partial charge in [0.25, 0.3) is 6.43 Å². The smallest absolute Gasteiger partial charge is 0.434 e. The summed E-state index contributed by atoms with van der Waals surface area (Å²) in [6, 6.07) is 1.41. The Balaban J connectivity index is 3.05. The topological polar surface area (TPSA) is 18.5 Å². The van der Waals surface area contributed by atoms with Gasteiger partial charge in [0.15, 0.2) is 0 Å². The van der Waals surface area contributed by atoms with Crippen LogP contribution in [0.15, 0.2) is 18.2 Å². The van der Waals surface area contributed by atoms with Gasteiger partial charge in [-0.05, 0) is 12.1 Å². The van der Waals surface area contributed by atoms with E-state index in [9.17, 15) is 30.7 Å². The summed E-state index contributed by atoms with van der Waals surface area (Å²) in [5.74, 6) is -2.00. The Labute approximate surface area is 95.9 Å². The van der Waals surface area contributed by atoms with Crippen molar-refractivity contribution in [3.63, 3.8) is 0 Å². The van der Waals surface area contributed by atoms with Crippen molar-refractivity contribution in [2.75, 3.05) is 0 Å². The van der Waals surface area contributed by atoms with Crippen molar-refractivity contribution < 1.29 is 40.2 Å². The molecule has 0 amide bonds. The summed E-state index contributed by atoms with van der Waals surface area (Å²) in [4.78, 5) is 0. The fourth-order valence-corrected chi connectivity index (χ4v) is 1.09. The van der Waals surface area contributed by atoms with Crippen molar-refractivity contribution in [2.45, 2.75) is 19.4 Å². The predicted octanol–water partition coefficient (Wildman–Crippen LogP) is 4.12. The molecular weight excluding hydrogens is 273 g/mol. The Kier molecular flexibility index (Phi) is 4.25. The van der Waals surface area contributed by atoms with Gasteiger partial charge < -0.3 is 9.47 Å². The van der Waals surface area contributed by atoms with Crippen molar-refractivity contribution in [1.82, 2.24) is 0 Å². The summed E-state index contributed by atoms with van der Waals surface area (Å²) in [5, 5.41) is 0. The van der Waals surface area contributed by atoms with Crippen LogP contribution in [0.3, 0.4) is 0 Å². The third-order valence-corrected chi connectivity index (χ3v) is 1.67. The zero-order valence-electron chi connectivity index (χ0n) is 8.35. The molecule has 18 heavy (non-hydrogen) atoms. The van der Waals surface area contributed by atoms with E-state index in [1.165, 1.54) is 0 Å². The predicted molar refractivity (Wildman–Crippen MR) is 44.7 cm³/mol. The Hall–Kier alpha value is -1.67. The zero-order chi connectivity index (χ0) is 13.9. The van der Waals surface area contributed by atoms with Gasteiger partial charge in [0.2, 0.25) is 0 Å². The lowest BCUT2D eigenvalue weighted by Crippen LogP contribution is -2.17. The minimum atomic E-state index is -5.06. The van der Waals surface area contributed by atoms with Gasteiger partial charge in [0.05, 0.1) is 5.56 Å².